The molecular weight excluding hydrogens is 411 g/mol. The first-order valence-electron chi connectivity index (χ1n) is 7.04. The summed E-state index contributed by atoms with van der Waals surface area (Å²) in [5.41, 5.74) is 14.4. The minimum absolute atomic E-state index is 0.0128. The van der Waals surface area contributed by atoms with Gasteiger partial charge in [0.25, 0.3) is 0 Å². The highest BCUT2D eigenvalue weighted by atomic mass is 79.9. The highest BCUT2D eigenvalue weighted by Gasteiger charge is 2.14. The van der Waals surface area contributed by atoms with E-state index in [0.29, 0.717) is 27.2 Å². The van der Waals surface area contributed by atoms with Gasteiger partial charge in [0.1, 0.15) is 5.82 Å². The van der Waals surface area contributed by atoms with Gasteiger partial charge in [-0.15, -0.1) is 11.3 Å². The number of nitrogens with one attached hydrogen (secondary N) is 2. The topological polar surface area (TPSA) is 106 Å². The fraction of sp³-hybridized carbons (Fsp3) is 0.0667. The summed E-state index contributed by atoms with van der Waals surface area (Å²) in [5.74, 6) is -0.329. The molecule has 3 rings (SSSR count). The number of halogens is 2. The maximum absolute atomic E-state index is 13.1. The van der Waals surface area contributed by atoms with E-state index in [1.54, 1.807) is 23.0 Å². The van der Waals surface area contributed by atoms with Crippen LogP contribution in [-0.4, -0.2) is 20.9 Å². The number of hydrazine groups is 1. The average molecular weight is 423 g/mol. The summed E-state index contributed by atoms with van der Waals surface area (Å²) in [6.45, 7) is 0. The Bertz CT molecular complexity index is 888. The summed E-state index contributed by atoms with van der Waals surface area (Å²) in [6, 6.07) is 5.80. The summed E-state index contributed by atoms with van der Waals surface area (Å²) in [5, 5.41) is 1.80. The Morgan fingerprint density at radius 2 is 2.04 bits per heavy atom. The second-order valence-corrected chi connectivity index (χ2v) is 6.44. The van der Waals surface area contributed by atoms with Crippen LogP contribution in [0.1, 0.15) is 5.69 Å². The SMILES string of the molecule is Nc1nc(NNC(=O)Cc2cscn2)c(Br)c(-c2ccc(F)cc2)n1. The van der Waals surface area contributed by atoms with Crippen molar-refractivity contribution in [3.63, 3.8) is 0 Å². The second-order valence-electron chi connectivity index (χ2n) is 4.93. The Morgan fingerprint density at radius 1 is 1.28 bits per heavy atom. The van der Waals surface area contributed by atoms with Crippen LogP contribution in [0.2, 0.25) is 0 Å². The van der Waals surface area contributed by atoms with Crippen molar-refractivity contribution in [2.24, 2.45) is 0 Å². The molecular formula is C15H12BrFN6OS. The number of benzene rings is 1. The molecule has 0 aliphatic carbocycles. The van der Waals surface area contributed by atoms with E-state index in [1.165, 1.54) is 23.5 Å². The van der Waals surface area contributed by atoms with Gasteiger partial charge in [0.05, 0.1) is 27.8 Å². The fourth-order valence-corrected chi connectivity index (χ4v) is 3.07. The lowest BCUT2D eigenvalue weighted by Crippen LogP contribution is -2.31. The van der Waals surface area contributed by atoms with Crippen LogP contribution in [0.25, 0.3) is 11.3 Å². The van der Waals surface area contributed by atoms with Crippen molar-refractivity contribution in [3.8, 4) is 11.3 Å². The number of aromatic nitrogens is 3. The summed E-state index contributed by atoms with van der Waals surface area (Å²) < 4.78 is 13.6. The first kappa shape index (κ1) is 17.2. The van der Waals surface area contributed by atoms with Crippen LogP contribution >= 0.6 is 27.3 Å². The van der Waals surface area contributed by atoms with Crippen molar-refractivity contribution in [1.29, 1.82) is 0 Å². The van der Waals surface area contributed by atoms with E-state index < -0.39 is 0 Å². The molecule has 0 radical (unpaired) electrons. The molecule has 25 heavy (non-hydrogen) atoms. The molecule has 128 valence electrons. The van der Waals surface area contributed by atoms with Crippen molar-refractivity contribution in [2.45, 2.75) is 6.42 Å². The summed E-state index contributed by atoms with van der Waals surface area (Å²) in [4.78, 5) is 24.2. The van der Waals surface area contributed by atoms with Crippen molar-refractivity contribution < 1.29 is 9.18 Å². The predicted octanol–water partition coefficient (Wildman–Crippen LogP) is 2.77. The van der Waals surface area contributed by atoms with Crippen LogP contribution in [0.15, 0.2) is 39.6 Å². The number of carbonyl (C=O) groups excluding carboxylic acids is 1. The Balaban J connectivity index is 1.77. The third-order valence-corrected chi connectivity index (χ3v) is 4.52. The number of carbonyl (C=O) groups is 1. The van der Waals surface area contributed by atoms with E-state index in [4.69, 9.17) is 5.73 Å². The van der Waals surface area contributed by atoms with Gasteiger partial charge in [-0.2, -0.15) is 4.98 Å². The van der Waals surface area contributed by atoms with E-state index in [-0.39, 0.29) is 24.1 Å². The van der Waals surface area contributed by atoms with Gasteiger partial charge in [-0.05, 0) is 40.2 Å². The van der Waals surface area contributed by atoms with Crippen molar-refractivity contribution >= 4 is 44.9 Å². The predicted molar refractivity (Wildman–Crippen MR) is 97.1 cm³/mol. The number of rotatable bonds is 5. The monoisotopic (exact) mass is 422 g/mol. The van der Waals surface area contributed by atoms with Gasteiger partial charge >= 0.3 is 0 Å². The van der Waals surface area contributed by atoms with Gasteiger partial charge in [0, 0.05) is 10.9 Å². The lowest BCUT2D eigenvalue weighted by molar-refractivity contribution is -0.120. The molecule has 0 saturated carbocycles. The van der Waals surface area contributed by atoms with E-state index in [9.17, 15) is 9.18 Å². The van der Waals surface area contributed by atoms with Crippen molar-refractivity contribution in [3.05, 3.63) is 51.1 Å². The van der Waals surface area contributed by atoms with E-state index in [0.717, 1.165) is 0 Å². The molecule has 7 nitrogen and oxygen atoms in total. The van der Waals surface area contributed by atoms with Crippen molar-refractivity contribution in [2.75, 3.05) is 11.2 Å². The summed E-state index contributed by atoms with van der Waals surface area (Å²) in [6.07, 6.45) is 0.138. The standard InChI is InChI=1S/C15H12BrFN6OS/c16-12-13(8-1-3-9(17)4-2-8)20-15(18)21-14(12)23-22-11(24)5-10-6-25-7-19-10/h1-4,6-7H,5H2,(H,22,24)(H3,18,20,21,23). The number of nitrogens with two attached hydrogens (primary N) is 1. The van der Waals surface area contributed by atoms with Gasteiger partial charge in [0.15, 0.2) is 5.82 Å². The van der Waals surface area contributed by atoms with Gasteiger partial charge in [-0.3, -0.25) is 15.6 Å². The van der Waals surface area contributed by atoms with Gasteiger partial charge in [-0.1, -0.05) is 0 Å². The molecule has 0 spiro atoms. The minimum Gasteiger partial charge on any atom is -0.368 e. The number of amides is 1. The van der Waals surface area contributed by atoms with Gasteiger partial charge in [-0.25, -0.2) is 14.4 Å². The summed E-state index contributed by atoms with van der Waals surface area (Å²) in [7, 11) is 0. The number of thiazole rings is 1. The molecule has 0 aliphatic heterocycles. The van der Waals surface area contributed by atoms with Gasteiger partial charge in [0.2, 0.25) is 11.9 Å². The highest BCUT2D eigenvalue weighted by Crippen LogP contribution is 2.31. The molecule has 0 saturated heterocycles. The first-order chi connectivity index (χ1) is 12.0. The maximum atomic E-state index is 13.1. The van der Waals surface area contributed by atoms with Crippen LogP contribution in [0, 0.1) is 5.82 Å². The third-order valence-electron chi connectivity index (χ3n) is 3.13. The van der Waals surface area contributed by atoms with E-state index >= 15 is 0 Å². The second kappa shape index (κ2) is 7.53. The maximum Gasteiger partial charge on any atom is 0.244 e. The minimum atomic E-state index is -0.352. The summed E-state index contributed by atoms with van der Waals surface area (Å²) >= 11 is 4.80. The van der Waals surface area contributed by atoms with Crippen LogP contribution in [0.4, 0.5) is 16.2 Å². The molecule has 0 fully saturated rings. The van der Waals surface area contributed by atoms with E-state index in [2.05, 4.69) is 41.7 Å². The zero-order valence-electron chi connectivity index (χ0n) is 12.7. The lowest BCUT2D eigenvalue weighted by atomic mass is 10.1. The molecule has 2 heterocycles. The van der Waals surface area contributed by atoms with Crippen LogP contribution in [0.5, 0.6) is 0 Å². The molecule has 0 bridgehead atoms. The first-order valence-corrected chi connectivity index (χ1v) is 8.77. The number of hydrogen-bond acceptors (Lipinski definition) is 7. The Morgan fingerprint density at radius 3 is 2.72 bits per heavy atom. The average Bonchev–Trinajstić information content (AvgIpc) is 3.09. The van der Waals surface area contributed by atoms with E-state index in [1.807, 2.05) is 0 Å². The zero-order chi connectivity index (χ0) is 17.8. The third kappa shape index (κ3) is 4.28. The van der Waals surface area contributed by atoms with Crippen LogP contribution in [0.3, 0.4) is 0 Å². The molecule has 4 N–H and O–H groups in total. The normalized spacial score (nSPS) is 10.5. The van der Waals surface area contributed by atoms with Gasteiger partial charge < -0.3 is 5.73 Å². The fourth-order valence-electron chi connectivity index (χ4n) is 2.01. The molecule has 0 atom stereocenters. The number of anilines is 2. The quantitative estimate of drug-likeness (QED) is 0.545. The van der Waals surface area contributed by atoms with Crippen LogP contribution in [-0.2, 0) is 11.2 Å². The number of nitrogen functional groups attached to an aromatic ring is 1. The Labute approximate surface area is 154 Å². The molecule has 1 aromatic carbocycles. The van der Waals surface area contributed by atoms with Crippen molar-refractivity contribution in [1.82, 2.24) is 20.4 Å². The molecule has 0 aliphatic rings. The molecule has 3 aromatic rings. The number of hydrogen-bond donors (Lipinski definition) is 3. The highest BCUT2D eigenvalue weighted by molar-refractivity contribution is 9.10. The largest absolute Gasteiger partial charge is 0.368 e. The smallest absolute Gasteiger partial charge is 0.244 e. The number of nitrogens with zero attached hydrogens (tertiary/aromatic N) is 3. The molecule has 2 aromatic heterocycles. The lowest BCUT2D eigenvalue weighted by Gasteiger charge is -2.12. The Hall–Kier alpha value is -2.59. The molecule has 10 heteroatoms. The Kier molecular flexibility index (Phi) is 5.19. The molecule has 0 unspecified atom stereocenters. The zero-order valence-corrected chi connectivity index (χ0v) is 15.1. The van der Waals surface area contributed by atoms with Crippen LogP contribution < -0.4 is 16.6 Å². The molecule has 1 amide bonds.